The normalized spacial score (nSPS) is 25.3. The molecule has 3 heteroatoms. The lowest BCUT2D eigenvalue weighted by Gasteiger charge is -2.25. The van der Waals surface area contributed by atoms with Gasteiger partial charge < -0.3 is 4.74 Å². The maximum absolute atomic E-state index is 12.8. The van der Waals surface area contributed by atoms with Gasteiger partial charge in [0.2, 0.25) is 0 Å². The van der Waals surface area contributed by atoms with E-state index >= 15 is 0 Å². The quantitative estimate of drug-likeness (QED) is 0.536. The van der Waals surface area contributed by atoms with Gasteiger partial charge >= 0.3 is 5.97 Å². The number of ether oxygens (including phenoxy) is 1. The van der Waals surface area contributed by atoms with E-state index in [-0.39, 0.29) is 18.1 Å². The average molecular weight is 364 g/mol. The lowest BCUT2D eigenvalue weighted by molar-refractivity contribution is -0.143. The van der Waals surface area contributed by atoms with Crippen LogP contribution < -0.4 is 0 Å². The van der Waals surface area contributed by atoms with Crippen molar-refractivity contribution in [2.45, 2.75) is 57.2 Å². The van der Waals surface area contributed by atoms with Crippen molar-refractivity contribution >= 4 is 5.97 Å². The summed E-state index contributed by atoms with van der Waals surface area (Å²) in [4.78, 5) is 15.2. The molecule has 0 bridgehead atoms. The van der Waals surface area contributed by atoms with E-state index in [4.69, 9.17) is 4.74 Å². The molecule has 1 heterocycles. The molecular weight excluding hydrogens is 334 g/mol. The van der Waals surface area contributed by atoms with Gasteiger partial charge in [0.05, 0.1) is 12.6 Å². The van der Waals surface area contributed by atoms with Gasteiger partial charge in [0.1, 0.15) is 6.04 Å². The van der Waals surface area contributed by atoms with Gasteiger partial charge in [-0.2, -0.15) is 0 Å². The summed E-state index contributed by atoms with van der Waals surface area (Å²) in [5.74, 6) is 0.549. The topological polar surface area (TPSA) is 29.3 Å². The highest BCUT2D eigenvalue weighted by molar-refractivity contribution is 5.80. The second-order valence-corrected chi connectivity index (χ2v) is 7.76. The van der Waals surface area contributed by atoms with Crippen LogP contribution >= 0.6 is 0 Å². The number of hydrogen-bond acceptors (Lipinski definition) is 3. The average Bonchev–Trinajstić information content (AvgIpc) is 3.46. The number of esters is 1. The fourth-order valence-corrected chi connectivity index (χ4v) is 4.87. The van der Waals surface area contributed by atoms with Crippen LogP contribution in [0, 0.1) is 5.92 Å². The SMILES string of the molecule is CCOC(=O)[C@H]1[C@@H](C2CCCCC2)N1C(c1ccccc1)c1ccccc1. The zero-order valence-corrected chi connectivity index (χ0v) is 16.1. The molecule has 1 saturated heterocycles. The van der Waals surface area contributed by atoms with Gasteiger partial charge in [-0.05, 0) is 36.8 Å². The first-order chi connectivity index (χ1) is 13.3. The number of carbonyl (C=O) groups is 1. The third kappa shape index (κ3) is 3.79. The van der Waals surface area contributed by atoms with Gasteiger partial charge in [0.15, 0.2) is 0 Å². The summed E-state index contributed by atoms with van der Waals surface area (Å²) >= 11 is 0. The van der Waals surface area contributed by atoms with Crippen molar-refractivity contribution in [3.63, 3.8) is 0 Å². The lowest BCUT2D eigenvalue weighted by Crippen LogP contribution is -2.20. The maximum Gasteiger partial charge on any atom is 0.325 e. The Kier molecular flexibility index (Phi) is 5.58. The number of rotatable bonds is 6. The fourth-order valence-electron chi connectivity index (χ4n) is 4.87. The molecule has 1 aliphatic heterocycles. The molecule has 0 aromatic heterocycles. The van der Waals surface area contributed by atoms with Crippen molar-refractivity contribution < 1.29 is 9.53 Å². The molecule has 0 N–H and O–H groups in total. The largest absolute Gasteiger partial charge is 0.465 e. The monoisotopic (exact) mass is 363 g/mol. The smallest absolute Gasteiger partial charge is 0.325 e. The van der Waals surface area contributed by atoms with Crippen LogP contribution in [0.1, 0.15) is 56.2 Å². The second-order valence-electron chi connectivity index (χ2n) is 7.76. The van der Waals surface area contributed by atoms with Crippen LogP contribution in [0.3, 0.4) is 0 Å². The molecule has 0 radical (unpaired) electrons. The highest BCUT2D eigenvalue weighted by atomic mass is 16.5. The van der Waals surface area contributed by atoms with Crippen molar-refractivity contribution in [1.29, 1.82) is 0 Å². The zero-order valence-electron chi connectivity index (χ0n) is 16.1. The van der Waals surface area contributed by atoms with Crippen LogP contribution in [-0.2, 0) is 9.53 Å². The Morgan fingerprint density at radius 1 is 0.963 bits per heavy atom. The minimum atomic E-state index is -0.113. The Hall–Kier alpha value is -2.13. The molecule has 1 unspecified atom stereocenters. The second kappa shape index (κ2) is 8.26. The summed E-state index contributed by atoms with van der Waals surface area (Å²) in [6.45, 7) is 2.34. The molecule has 1 aliphatic carbocycles. The molecule has 3 atom stereocenters. The Bertz CT molecular complexity index is 700. The number of carbonyl (C=O) groups excluding carboxylic acids is 1. The molecule has 142 valence electrons. The van der Waals surface area contributed by atoms with E-state index in [9.17, 15) is 4.79 Å². The van der Waals surface area contributed by atoms with Gasteiger partial charge in [-0.3, -0.25) is 9.69 Å². The van der Waals surface area contributed by atoms with E-state index in [1.54, 1.807) is 0 Å². The summed E-state index contributed by atoms with van der Waals surface area (Å²) in [6, 6.07) is 21.5. The minimum absolute atomic E-state index is 0.0510. The van der Waals surface area contributed by atoms with Gasteiger partial charge in [0, 0.05) is 6.04 Å². The number of hydrogen-bond donors (Lipinski definition) is 0. The van der Waals surface area contributed by atoms with Gasteiger partial charge in [0.25, 0.3) is 0 Å². The maximum atomic E-state index is 12.8. The molecule has 2 fully saturated rings. The highest BCUT2D eigenvalue weighted by Gasteiger charge is 2.59. The van der Waals surface area contributed by atoms with Crippen molar-refractivity contribution in [1.82, 2.24) is 4.90 Å². The molecule has 0 spiro atoms. The summed E-state index contributed by atoms with van der Waals surface area (Å²) in [7, 11) is 0. The molecular formula is C24H29NO2. The highest BCUT2D eigenvalue weighted by Crippen LogP contribution is 2.49. The predicted molar refractivity (Wildman–Crippen MR) is 107 cm³/mol. The summed E-state index contributed by atoms with van der Waals surface area (Å²) in [5.41, 5.74) is 2.49. The Morgan fingerprint density at radius 3 is 2.04 bits per heavy atom. The van der Waals surface area contributed by atoms with Crippen LogP contribution in [0.15, 0.2) is 60.7 Å². The van der Waals surface area contributed by atoms with Gasteiger partial charge in [-0.15, -0.1) is 0 Å². The molecule has 1 saturated carbocycles. The first-order valence-corrected chi connectivity index (χ1v) is 10.3. The van der Waals surface area contributed by atoms with E-state index in [0.717, 1.165) is 0 Å². The molecule has 2 aromatic carbocycles. The summed E-state index contributed by atoms with van der Waals surface area (Å²) in [6.07, 6.45) is 6.35. The van der Waals surface area contributed by atoms with Gasteiger partial charge in [-0.25, -0.2) is 0 Å². The van der Waals surface area contributed by atoms with E-state index < -0.39 is 0 Å². The molecule has 2 aliphatic rings. The predicted octanol–water partition coefficient (Wildman–Crippen LogP) is 4.97. The van der Waals surface area contributed by atoms with Crippen LogP contribution in [-0.4, -0.2) is 29.6 Å². The van der Waals surface area contributed by atoms with Crippen LogP contribution in [0.5, 0.6) is 0 Å². The lowest BCUT2D eigenvalue weighted by atomic mass is 9.85. The van der Waals surface area contributed by atoms with Crippen LogP contribution in [0.25, 0.3) is 0 Å². The van der Waals surface area contributed by atoms with Crippen LogP contribution in [0.2, 0.25) is 0 Å². The summed E-state index contributed by atoms with van der Waals surface area (Å²) in [5, 5.41) is 0. The van der Waals surface area contributed by atoms with E-state index in [1.165, 1.54) is 43.2 Å². The van der Waals surface area contributed by atoms with E-state index in [2.05, 4.69) is 65.6 Å². The Morgan fingerprint density at radius 2 is 1.52 bits per heavy atom. The number of nitrogens with zero attached hydrogens (tertiary/aromatic N) is 1. The van der Waals surface area contributed by atoms with Crippen molar-refractivity contribution in [2.75, 3.05) is 6.61 Å². The van der Waals surface area contributed by atoms with Crippen LogP contribution in [0.4, 0.5) is 0 Å². The molecule has 4 rings (SSSR count). The third-order valence-electron chi connectivity index (χ3n) is 6.09. The van der Waals surface area contributed by atoms with Gasteiger partial charge in [-0.1, -0.05) is 79.9 Å². The van der Waals surface area contributed by atoms with Crippen molar-refractivity contribution in [2.24, 2.45) is 5.92 Å². The first kappa shape index (κ1) is 18.2. The molecule has 3 nitrogen and oxygen atoms in total. The van der Waals surface area contributed by atoms with Crippen molar-refractivity contribution in [3.8, 4) is 0 Å². The van der Waals surface area contributed by atoms with E-state index in [0.29, 0.717) is 18.6 Å². The first-order valence-electron chi connectivity index (χ1n) is 10.3. The molecule has 0 amide bonds. The zero-order chi connectivity index (χ0) is 18.6. The Balaban J connectivity index is 1.69. The molecule has 27 heavy (non-hydrogen) atoms. The standard InChI is InChI=1S/C24H29NO2/c1-2-27-24(26)23-22(20-16-10-5-11-17-20)25(23)21(18-12-6-3-7-13-18)19-14-8-4-9-15-19/h3-4,6-9,12-15,20-23H,2,5,10-11,16-17H2,1H3/t22-,23-,25?/m1/s1. The van der Waals surface area contributed by atoms with E-state index in [1.807, 2.05) is 6.92 Å². The fraction of sp³-hybridized carbons (Fsp3) is 0.458. The van der Waals surface area contributed by atoms with Crippen molar-refractivity contribution in [3.05, 3.63) is 71.8 Å². The minimum Gasteiger partial charge on any atom is -0.465 e. The number of benzene rings is 2. The molecule has 2 aromatic rings. The Labute approximate surface area is 162 Å². The summed E-state index contributed by atoms with van der Waals surface area (Å²) < 4.78 is 5.46. The third-order valence-corrected chi connectivity index (χ3v) is 6.09.